The maximum atomic E-state index is 12.3. The maximum Gasteiger partial charge on any atom is 0.254 e. The molecule has 0 aromatic carbocycles. The summed E-state index contributed by atoms with van der Waals surface area (Å²) >= 11 is 1.53. The zero-order chi connectivity index (χ0) is 15.5. The van der Waals surface area contributed by atoms with Gasteiger partial charge in [-0.1, -0.05) is 0 Å². The van der Waals surface area contributed by atoms with Crippen LogP contribution in [-0.2, 0) is 0 Å². The summed E-state index contributed by atoms with van der Waals surface area (Å²) in [5, 5.41) is 3.80. The quantitative estimate of drug-likeness (QED) is 0.862. The van der Waals surface area contributed by atoms with Crippen molar-refractivity contribution in [1.82, 2.24) is 14.9 Å². The SMILES string of the molecule is CN(C)c1cc(O[C@H]2CCN(C(=O)c3ccsc3)C2)ncn1. The van der Waals surface area contributed by atoms with Gasteiger partial charge in [0.2, 0.25) is 5.88 Å². The van der Waals surface area contributed by atoms with Crippen LogP contribution >= 0.6 is 11.3 Å². The van der Waals surface area contributed by atoms with Gasteiger partial charge in [-0.05, 0) is 11.4 Å². The molecule has 0 unspecified atom stereocenters. The topological polar surface area (TPSA) is 58.6 Å². The Labute approximate surface area is 133 Å². The molecule has 3 heterocycles. The normalized spacial score (nSPS) is 17.5. The molecule has 2 aromatic heterocycles. The smallest absolute Gasteiger partial charge is 0.254 e. The van der Waals surface area contributed by atoms with Crippen molar-refractivity contribution in [2.45, 2.75) is 12.5 Å². The molecule has 1 aliphatic rings. The number of anilines is 1. The number of aromatic nitrogens is 2. The van der Waals surface area contributed by atoms with Crippen LogP contribution in [0.3, 0.4) is 0 Å². The zero-order valence-corrected chi connectivity index (χ0v) is 13.4. The second-order valence-corrected chi connectivity index (χ2v) is 6.18. The largest absolute Gasteiger partial charge is 0.472 e. The Kier molecular flexibility index (Phi) is 4.24. The summed E-state index contributed by atoms with van der Waals surface area (Å²) in [5.74, 6) is 1.42. The minimum atomic E-state index is -0.0208. The van der Waals surface area contributed by atoms with E-state index in [1.54, 1.807) is 0 Å². The number of likely N-dealkylation sites (tertiary alicyclic amines) is 1. The highest BCUT2D eigenvalue weighted by atomic mass is 32.1. The maximum absolute atomic E-state index is 12.3. The van der Waals surface area contributed by atoms with E-state index < -0.39 is 0 Å². The highest BCUT2D eigenvalue weighted by Crippen LogP contribution is 2.21. The predicted molar refractivity (Wildman–Crippen MR) is 85.6 cm³/mol. The summed E-state index contributed by atoms with van der Waals surface area (Å²) in [6.07, 6.45) is 2.29. The van der Waals surface area contributed by atoms with Crippen LogP contribution in [0.5, 0.6) is 5.88 Å². The number of nitrogens with zero attached hydrogens (tertiary/aromatic N) is 4. The molecule has 0 saturated carbocycles. The van der Waals surface area contributed by atoms with Crippen molar-refractivity contribution in [3.05, 3.63) is 34.8 Å². The molecule has 2 aromatic rings. The van der Waals surface area contributed by atoms with Crippen LogP contribution in [0.25, 0.3) is 0 Å². The third kappa shape index (κ3) is 3.19. The molecule has 1 fully saturated rings. The Bertz CT molecular complexity index is 645. The number of amides is 1. The molecule has 0 spiro atoms. The lowest BCUT2D eigenvalue weighted by atomic mass is 10.3. The first-order valence-corrected chi connectivity index (χ1v) is 8.05. The second kappa shape index (κ2) is 6.31. The number of carbonyl (C=O) groups is 1. The predicted octanol–water partition coefficient (Wildman–Crippen LogP) is 1.90. The first-order chi connectivity index (χ1) is 10.6. The van der Waals surface area contributed by atoms with E-state index >= 15 is 0 Å². The van der Waals surface area contributed by atoms with Gasteiger partial charge in [-0.3, -0.25) is 4.79 Å². The summed E-state index contributed by atoms with van der Waals surface area (Å²) in [7, 11) is 3.84. The molecule has 7 heteroatoms. The van der Waals surface area contributed by atoms with Crippen LogP contribution in [0.15, 0.2) is 29.2 Å². The standard InChI is InChI=1S/C15H18N4O2S/c1-18(2)13-7-14(17-10-16-13)21-12-3-5-19(8-12)15(20)11-4-6-22-9-11/h4,6-7,9-10,12H,3,5,8H2,1-2H3/t12-/m0/s1. The molecular weight excluding hydrogens is 300 g/mol. The molecule has 1 saturated heterocycles. The van der Waals surface area contributed by atoms with Crippen LogP contribution in [-0.4, -0.2) is 54.1 Å². The minimum absolute atomic E-state index is 0.0208. The van der Waals surface area contributed by atoms with Crippen LogP contribution < -0.4 is 9.64 Å². The lowest BCUT2D eigenvalue weighted by Gasteiger charge is -2.17. The Balaban J connectivity index is 1.61. The molecule has 0 N–H and O–H groups in total. The highest BCUT2D eigenvalue weighted by Gasteiger charge is 2.28. The van der Waals surface area contributed by atoms with Crippen LogP contribution in [0, 0.1) is 0 Å². The van der Waals surface area contributed by atoms with Crippen LogP contribution in [0.4, 0.5) is 5.82 Å². The van der Waals surface area contributed by atoms with Gasteiger partial charge in [0.1, 0.15) is 18.2 Å². The van der Waals surface area contributed by atoms with E-state index in [2.05, 4.69) is 9.97 Å². The molecule has 0 radical (unpaired) electrons. The van der Waals surface area contributed by atoms with Gasteiger partial charge >= 0.3 is 0 Å². The average molecular weight is 318 g/mol. The molecule has 1 atom stereocenters. The van der Waals surface area contributed by atoms with E-state index in [-0.39, 0.29) is 12.0 Å². The molecular formula is C15H18N4O2S. The first kappa shape index (κ1) is 14.8. The lowest BCUT2D eigenvalue weighted by molar-refractivity contribution is 0.0771. The van der Waals surface area contributed by atoms with Gasteiger partial charge in [0.25, 0.3) is 5.91 Å². The van der Waals surface area contributed by atoms with Crippen molar-refractivity contribution in [2.75, 3.05) is 32.1 Å². The number of rotatable bonds is 4. The van der Waals surface area contributed by atoms with Gasteiger partial charge < -0.3 is 14.5 Å². The van der Waals surface area contributed by atoms with Crippen molar-refractivity contribution in [3.63, 3.8) is 0 Å². The fourth-order valence-electron chi connectivity index (χ4n) is 2.39. The van der Waals surface area contributed by atoms with Crippen LogP contribution in [0.2, 0.25) is 0 Å². The lowest BCUT2D eigenvalue weighted by Crippen LogP contribution is -2.30. The third-order valence-corrected chi connectivity index (χ3v) is 4.26. The van der Waals surface area contributed by atoms with Crippen molar-refractivity contribution < 1.29 is 9.53 Å². The van der Waals surface area contributed by atoms with E-state index in [9.17, 15) is 4.79 Å². The summed E-state index contributed by atoms with van der Waals surface area (Å²) in [6.45, 7) is 1.31. The summed E-state index contributed by atoms with van der Waals surface area (Å²) in [4.78, 5) is 24.3. The van der Waals surface area contributed by atoms with Gasteiger partial charge in [-0.15, -0.1) is 0 Å². The molecule has 0 bridgehead atoms. The Morgan fingerprint density at radius 3 is 3.05 bits per heavy atom. The second-order valence-electron chi connectivity index (χ2n) is 5.40. The fraction of sp³-hybridized carbons (Fsp3) is 0.400. The molecule has 116 valence electrons. The number of ether oxygens (including phenoxy) is 1. The number of hydrogen-bond acceptors (Lipinski definition) is 6. The molecule has 3 rings (SSSR count). The van der Waals surface area contributed by atoms with Crippen molar-refractivity contribution >= 4 is 23.1 Å². The zero-order valence-electron chi connectivity index (χ0n) is 12.6. The average Bonchev–Trinajstić information content (AvgIpc) is 3.18. The van der Waals surface area contributed by atoms with E-state index in [1.165, 1.54) is 17.7 Å². The number of hydrogen-bond donors (Lipinski definition) is 0. The Hall–Kier alpha value is -2.15. The molecule has 0 aliphatic carbocycles. The third-order valence-electron chi connectivity index (χ3n) is 3.57. The van der Waals surface area contributed by atoms with E-state index in [0.29, 0.717) is 19.0 Å². The number of carbonyl (C=O) groups excluding carboxylic acids is 1. The minimum Gasteiger partial charge on any atom is -0.472 e. The van der Waals surface area contributed by atoms with E-state index in [1.807, 2.05) is 46.8 Å². The summed E-state index contributed by atoms with van der Waals surface area (Å²) < 4.78 is 5.89. The molecule has 1 amide bonds. The van der Waals surface area contributed by atoms with Gasteiger partial charge in [0.15, 0.2) is 0 Å². The van der Waals surface area contributed by atoms with E-state index in [0.717, 1.165) is 17.8 Å². The Morgan fingerprint density at radius 2 is 2.32 bits per heavy atom. The van der Waals surface area contributed by atoms with E-state index in [4.69, 9.17) is 4.74 Å². The van der Waals surface area contributed by atoms with Crippen molar-refractivity contribution in [3.8, 4) is 5.88 Å². The van der Waals surface area contributed by atoms with Crippen LogP contribution in [0.1, 0.15) is 16.8 Å². The Morgan fingerprint density at radius 1 is 1.45 bits per heavy atom. The van der Waals surface area contributed by atoms with Crippen molar-refractivity contribution in [2.24, 2.45) is 0 Å². The summed E-state index contributed by atoms with van der Waals surface area (Å²) in [5.41, 5.74) is 0.752. The summed E-state index contributed by atoms with van der Waals surface area (Å²) in [6, 6.07) is 3.67. The fourth-order valence-corrected chi connectivity index (χ4v) is 3.02. The van der Waals surface area contributed by atoms with Gasteiger partial charge in [0, 0.05) is 38.5 Å². The molecule has 1 aliphatic heterocycles. The van der Waals surface area contributed by atoms with Crippen molar-refractivity contribution in [1.29, 1.82) is 0 Å². The number of thiophene rings is 1. The highest BCUT2D eigenvalue weighted by molar-refractivity contribution is 7.08. The van der Waals surface area contributed by atoms with Gasteiger partial charge in [-0.2, -0.15) is 11.3 Å². The van der Waals surface area contributed by atoms with Gasteiger partial charge in [-0.25, -0.2) is 9.97 Å². The van der Waals surface area contributed by atoms with Gasteiger partial charge in [0.05, 0.1) is 12.1 Å². The monoisotopic (exact) mass is 318 g/mol. The first-order valence-electron chi connectivity index (χ1n) is 7.11. The molecule has 22 heavy (non-hydrogen) atoms. The molecule has 6 nitrogen and oxygen atoms in total.